The third-order valence-electron chi connectivity index (χ3n) is 4.42. The summed E-state index contributed by atoms with van der Waals surface area (Å²) in [5, 5.41) is 3.93. The van der Waals surface area contributed by atoms with Gasteiger partial charge in [-0.2, -0.15) is 0 Å². The molecule has 6 nitrogen and oxygen atoms in total. The van der Waals surface area contributed by atoms with Gasteiger partial charge >= 0.3 is 0 Å². The normalized spacial score (nSPS) is 17.6. The van der Waals surface area contributed by atoms with Gasteiger partial charge in [0.2, 0.25) is 5.91 Å². The van der Waals surface area contributed by atoms with Gasteiger partial charge in [0, 0.05) is 17.1 Å². The molecule has 0 saturated carbocycles. The van der Waals surface area contributed by atoms with Gasteiger partial charge in [0.15, 0.2) is 5.17 Å². The molecular weight excluding hydrogens is 396 g/mol. The summed E-state index contributed by atoms with van der Waals surface area (Å²) >= 11 is 7.33. The Morgan fingerprint density at radius 3 is 2.79 bits per heavy atom. The van der Waals surface area contributed by atoms with Crippen molar-refractivity contribution in [2.45, 2.75) is 19.5 Å². The number of hydrogen-bond acceptors (Lipinski definition) is 5. The maximum absolute atomic E-state index is 12.6. The largest absolute Gasteiger partial charge is 0.351 e. The van der Waals surface area contributed by atoms with Crippen LogP contribution in [0.2, 0.25) is 5.02 Å². The van der Waals surface area contributed by atoms with Crippen LogP contribution in [0, 0.1) is 0 Å². The number of para-hydroxylation sites is 1. The zero-order valence-corrected chi connectivity index (χ0v) is 16.6. The Morgan fingerprint density at radius 1 is 1.21 bits per heavy atom. The molecule has 2 aromatic carbocycles. The van der Waals surface area contributed by atoms with Crippen LogP contribution in [0.3, 0.4) is 0 Å². The van der Waals surface area contributed by atoms with Gasteiger partial charge in [0.05, 0.1) is 11.4 Å². The first kappa shape index (κ1) is 18.7. The highest BCUT2D eigenvalue weighted by Crippen LogP contribution is 2.33. The van der Waals surface area contributed by atoms with Gasteiger partial charge in [0.25, 0.3) is 5.91 Å². The zero-order chi connectivity index (χ0) is 19.7. The maximum Gasteiger partial charge on any atom is 0.258 e. The number of carbonyl (C=O) groups is 2. The summed E-state index contributed by atoms with van der Waals surface area (Å²) in [7, 11) is 0. The van der Waals surface area contributed by atoms with E-state index in [-0.39, 0.29) is 17.6 Å². The molecular formula is C20H17ClN4O2S. The first-order valence-electron chi connectivity index (χ1n) is 8.77. The highest BCUT2D eigenvalue weighted by atomic mass is 35.5. The third-order valence-corrected chi connectivity index (χ3v) is 5.73. The van der Waals surface area contributed by atoms with Gasteiger partial charge in [-0.25, -0.2) is 9.89 Å². The predicted molar refractivity (Wildman–Crippen MR) is 112 cm³/mol. The van der Waals surface area contributed by atoms with E-state index in [0.29, 0.717) is 22.6 Å². The second kappa shape index (κ2) is 7.77. The van der Waals surface area contributed by atoms with Gasteiger partial charge in [-0.05, 0) is 30.7 Å². The number of fused-ring (bicyclic) bond motifs is 3. The van der Waals surface area contributed by atoms with Gasteiger partial charge in [-0.15, -0.1) is 0 Å². The number of amides is 2. The molecule has 2 amide bonds. The Kier molecular flexibility index (Phi) is 5.19. The molecule has 0 unspecified atom stereocenters. The van der Waals surface area contributed by atoms with Crippen molar-refractivity contribution in [1.29, 1.82) is 0 Å². The Bertz CT molecular complexity index is 1020. The average molecular weight is 413 g/mol. The zero-order valence-electron chi connectivity index (χ0n) is 15.1. The number of thioether (sulfide) groups is 1. The van der Waals surface area contributed by atoms with E-state index >= 15 is 0 Å². The molecule has 2 heterocycles. The summed E-state index contributed by atoms with van der Waals surface area (Å²) in [4.78, 5) is 35.4. The second-order valence-electron chi connectivity index (χ2n) is 6.37. The van der Waals surface area contributed by atoms with E-state index in [9.17, 15) is 9.59 Å². The number of aliphatic imine (C=N–C) groups is 2. The summed E-state index contributed by atoms with van der Waals surface area (Å²) in [6.45, 7) is 2.11. The molecule has 28 heavy (non-hydrogen) atoms. The SMILES string of the molecule is C[C@H]1N=C2c3ccccc3N=C(SCC(=O)NCc3ccccc3Cl)N2C1=O. The minimum Gasteiger partial charge on any atom is -0.351 e. The Labute approximate surface area is 171 Å². The second-order valence-corrected chi connectivity index (χ2v) is 7.72. The van der Waals surface area contributed by atoms with Gasteiger partial charge in [0.1, 0.15) is 11.9 Å². The van der Waals surface area contributed by atoms with Gasteiger partial charge in [-0.1, -0.05) is 53.7 Å². The van der Waals surface area contributed by atoms with E-state index in [1.165, 1.54) is 16.7 Å². The van der Waals surface area contributed by atoms with E-state index < -0.39 is 6.04 Å². The number of hydrogen-bond donors (Lipinski definition) is 1. The molecule has 0 saturated heterocycles. The van der Waals surface area contributed by atoms with Crippen molar-refractivity contribution in [3.8, 4) is 0 Å². The van der Waals surface area contributed by atoms with Crippen molar-refractivity contribution in [3.05, 3.63) is 64.7 Å². The van der Waals surface area contributed by atoms with Crippen LogP contribution in [0.1, 0.15) is 18.1 Å². The maximum atomic E-state index is 12.6. The van der Waals surface area contributed by atoms with E-state index in [4.69, 9.17) is 11.6 Å². The quantitative estimate of drug-likeness (QED) is 0.836. The van der Waals surface area contributed by atoms with Crippen LogP contribution in [0.15, 0.2) is 58.5 Å². The molecule has 2 aliphatic rings. The lowest BCUT2D eigenvalue weighted by molar-refractivity contribution is -0.124. The number of benzene rings is 2. The van der Waals surface area contributed by atoms with E-state index in [1.54, 1.807) is 13.0 Å². The molecule has 0 radical (unpaired) electrons. The monoisotopic (exact) mass is 412 g/mol. The van der Waals surface area contributed by atoms with E-state index in [2.05, 4.69) is 15.3 Å². The Balaban J connectivity index is 1.46. The fourth-order valence-corrected chi connectivity index (χ4v) is 4.02. The number of nitrogens with zero attached hydrogens (tertiary/aromatic N) is 3. The third kappa shape index (κ3) is 3.55. The van der Waals surface area contributed by atoms with Gasteiger partial charge < -0.3 is 5.32 Å². The lowest BCUT2D eigenvalue weighted by Gasteiger charge is -2.25. The minimum absolute atomic E-state index is 0.132. The lowest BCUT2D eigenvalue weighted by Crippen LogP contribution is -2.41. The molecule has 0 aliphatic carbocycles. The van der Waals surface area contributed by atoms with Gasteiger partial charge in [-0.3, -0.25) is 14.6 Å². The summed E-state index contributed by atoms with van der Waals surface area (Å²) in [6, 6.07) is 14.5. The van der Waals surface area contributed by atoms with Crippen molar-refractivity contribution in [2.24, 2.45) is 9.98 Å². The van der Waals surface area contributed by atoms with Crippen molar-refractivity contribution in [3.63, 3.8) is 0 Å². The van der Waals surface area contributed by atoms with Crippen LogP contribution in [0.25, 0.3) is 0 Å². The van der Waals surface area contributed by atoms with Crippen LogP contribution in [-0.4, -0.2) is 39.5 Å². The highest BCUT2D eigenvalue weighted by molar-refractivity contribution is 8.14. The average Bonchev–Trinajstić information content (AvgIpc) is 3.00. The summed E-state index contributed by atoms with van der Waals surface area (Å²) in [6.07, 6.45) is 0. The number of amidine groups is 2. The number of carbonyl (C=O) groups excluding carboxylic acids is 2. The first-order chi connectivity index (χ1) is 13.5. The molecule has 2 aromatic rings. The summed E-state index contributed by atoms with van der Waals surface area (Å²) < 4.78 is 0. The van der Waals surface area contributed by atoms with Crippen LogP contribution in [-0.2, 0) is 16.1 Å². The molecule has 1 atom stereocenters. The van der Waals surface area contributed by atoms with Crippen LogP contribution < -0.4 is 5.32 Å². The predicted octanol–water partition coefficient (Wildman–Crippen LogP) is 3.37. The molecule has 0 bridgehead atoms. The number of halogens is 1. The van der Waals surface area contributed by atoms with Crippen molar-refractivity contribution < 1.29 is 9.59 Å². The molecule has 1 N–H and O–H groups in total. The summed E-state index contributed by atoms with van der Waals surface area (Å²) in [5.41, 5.74) is 2.43. The first-order valence-corrected chi connectivity index (χ1v) is 10.1. The highest BCUT2D eigenvalue weighted by Gasteiger charge is 2.39. The van der Waals surface area contributed by atoms with E-state index in [1.807, 2.05) is 42.5 Å². The van der Waals surface area contributed by atoms with Crippen LogP contribution >= 0.6 is 23.4 Å². The van der Waals surface area contributed by atoms with Crippen molar-refractivity contribution in [2.75, 3.05) is 5.75 Å². The smallest absolute Gasteiger partial charge is 0.258 e. The fourth-order valence-electron chi connectivity index (χ4n) is 2.99. The molecule has 0 spiro atoms. The topological polar surface area (TPSA) is 74.1 Å². The summed E-state index contributed by atoms with van der Waals surface area (Å²) in [5.74, 6) is 0.440. The molecule has 142 valence electrons. The number of rotatable bonds is 4. The number of nitrogens with one attached hydrogen (secondary N) is 1. The Morgan fingerprint density at radius 2 is 1.96 bits per heavy atom. The van der Waals surface area contributed by atoms with Crippen molar-refractivity contribution >= 4 is 51.9 Å². The molecule has 0 fully saturated rings. The standard InChI is InChI=1S/C20H17ClN4O2S/c1-12-19(27)25-18(23-12)14-7-3-5-9-16(14)24-20(25)28-11-17(26)22-10-13-6-2-4-8-15(13)21/h2-9,12H,10-11H2,1H3,(H,22,26)/t12-/m1/s1. The Hall–Kier alpha value is -2.64. The van der Waals surface area contributed by atoms with Crippen molar-refractivity contribution in [1.82, 2.24) is 10.2 Å². The van der Waals surface area contributed by atoms with E-state index in [0.717, 1.165) is 16.8 Å². The van der Waals surface area contributed by atoms with Crippen LogP contribution in [0.4, 0.5) is 5.69 Å². The minimum atomic E-state index is -0.457. The molecule has 0 aromatic heterocycles. The lowest BCUT2D eigenvalue weighted by atomic mass is 10.1. The molecule has 4 rings (SSSR count). The molecule has 2 aliphatic heterocycles. The molecule has 8 heteroatoms. The van der Waals surface area contributed by atoms with Crippen LogP contribution in [0.5, 0.6) is 0 Å². The fraction of sp³-hybridized carbons (Fsp3) is 0.200.